The minimum atomic E-state index is -0.244. The van der Waals surface area contributed by atoms with Crippen LogP contribution < -0.4 is 20.6 Å². The number of nitrogens with zero attached hydrogens (tertiary/aromatic N) is 4. The predicted octanol–water partition coefficient (Wildman–Crippen LogP) is 2.07. The first-order chi connectivity index (χ1) is 14.3. The van der Waals surface area contributed by atoms with Gasteiger partial charge in [-0.1, -0.05) is 0 Å². The van der Waals surface area contributed by atoms with Gasteiger partial charge in [-0.15, -0.1) is 0 Å². The van der Waals surface area contributed by atoms with Crippen molar-refractivity contribution in [1.82, 2.24) is 24.8 Å². The number of ether oxygens (including phenoxy) is 1. The first kappa shape index (κ1) is 17.7. The van der Waals surface area contributed by atoms with Crippen LogP contribution in [0, 0.1) is 0 Å². The second kappa shape index (κ2) is 7.21. The van der Waals surface area contributed by atoms with Crippen LogP contribution in [-0.2, 0) is 0 Å². The topological polar surface area (TPSA) is 88.1 Å². The smallest absolute Gasteiger partial charge is 0.332 e. The fourth-order valence-electron chi connectivity index (χ4n) is 3.96. The molecule has 1 aromatic carbocycles. The zero-order valence-electron chi connectivity index (χ0n) is 16.2. The molecule has 29 heavy (non-hydrogen) atoms. The summed E-state index contributed by atoms with van der Waals surface area (Å²) < 4.78 is 7.38. The summed E-state index contributed by atoms with van der Waals surface area (Å²) in [7, 11) is 0. The second-order valence-corrected chi connectivity index (χ2v) is 6.97. The molecule has 1 saturated heterocycles. The lowest BCUT2D eigenvalue weighted by Gasteiger charge is -2.30. The van der Waals surface area contributed by atoms with E-state index in [9.17, 15) is 4.79 Å². The molecule has 3 aromatic heterocycles. The predicted molar refractivity (Wildman–Crippen MR) is 113 cm³/mol. The molecule has 0 spiro atoms. The Hall–Kier alpha value is -3.39. The molecule has 8 nitrogen and oxygen atoms in total. The van der Waals surface area contributed by atoms with E-state index in [1.54, 1.807) is 16.8 Å². The van der Waals surface area contributed by atoms with Crippen molar-refractivity contribution in [2.24, 2.45) is 0 Å². The summed E-state index contributed by atoms with van der Waals surface area (Å²) in [4.78, 5) is 26.8. The number of imidazole rings is 1. The summed E-state index contributed by atoms with van der Waals surface area (Å²) in [5.74, 6) is 0.629. The second-order valence-electron chi connectivity index (χ2n) is 6.97. The molecule has 148 valence electrons. The van der Waals surface area contributed by atoms with Crippen molar-refractivity contribution < 1.29 is 4.74 Å². The Morgan fingerprint density at radius 1 is 1.10 bits per heavy atom. The number of fused-ring (bicyclic) bond motifs is 2. The molecule has 0 radical (unpaired) electrons. The molecule has 0 saturated carbocycles. The van der Waals surface area contributed by atoms with Crippen LogP contribution in [0.2, 0.25) is 0 Å². The van der Waals surface area contributed by atoms with Gasteiger partial charge in [0.2, 0.25) is 0 Å². The third-order valence-corrected chi connectivity index (χ3v) is 5.26. The molecule has 4 aromatic rings. The number of hydrogen-bond acceptors (Lipinski definition) is 6. The lowest BCUT2D eigenvalue weighted by atomic mass is 10.1. The van der Waals surface area contributed by atoms with Gasteiger partial charge in [0.05, 0.1) is 17.8 Å². The van der Waals surface area contributed by atoms with Gasteiger partial charge in [-0.05, 0) is 31.2 Å². The first-order valence-corrected chi connectivity index (χ1v) is 9.83. The van der Waals surface area contributed by atoms with Gasteiger partial charge >= 0.3 is 5.69 Å². The normalized spacial score (nSPS) is 14.6. The average molecular weight is 390 g/mol. The van der Waals surface area contributed by atoms with Gasteiger partial charge in [0.25, 0.3) is 0 Å². The Kier molecular flexibility index (Phi) is 4.40. The zero-order chi connectivity index (χ0) is 19.8. The van der Waals surface area contributed by atoms with E-state index in [0.29, 0.717) is 23.5 Å². The van der Waals surface area contributed by atoms with E-state index >= 15 is 0 Å². The quantitative estimate of drug-likeness (QED) is 0.555. The number of hydrogen-bond donors (Lipinski definition) is 2. The van der Waals surface area contributed by atoms with Crippen LogP contribution in [0.15, 0.2) is 47.5 Å². The number of anilines is 1. The highest BCUT2D eigenvalue weighted by molar-refractivity contribution is 5.93. The molecule has 4 heterocycles. The maximum atomic E-state index is 12.8. The fraction of sp³-hybridized carbons (Fsp3) is 0.286. The highest BCUT2D eigenvalue weighted by Gasteiger charge is 2.17. The van der Waals surface area contributed by atoms with Gasteiger partial charge in [-0.25, -0.2) is 9.78 Å². The fourth-order valence-corrected chi connectivity index (χ4v) is 3.96. The molecule has 1 aliphatic rings. The van der Waals surface area contributed by atoms with Gasteiger partial charge in [-0.2, -0.15) is 0 Å². The van der Waals surface area contributed by atoms with Crippen LogP contribution in [0.3, 0.4) is 0 Å². The number of aromatic nitrogens is 4. The molecule has 0 unspecified atom stereocenters. The zero-order valence-corrected chi connectivity index (χ0v) is 16.2. The van der Waals surface area contributed by atoms with Crippen molar-refractivity contribution in [3.63, 3.8) is 0 Å². The van der Waals surface area contributed by atoms with Gasteiger partial charge in [0, 0.05) is 55.7 Å². The Bertz CT molecular complexity index is 1240. The molecule has 0 amide bonds. The Morgan fingerprint density at radius 2 is 1.93 bits per heavy atom. The largest absolute Gasteiger partial charge is 0.491 e. The SMILES string of the molecule is CCOc1ccnc2[nH]c(=O)n(-c3ccc4nccc(N5CCNCC5)c4c3)c12. The van der Waals surface area contributed by atoms with E-state index < -0.39 is 0 Å². The Labute approximate surface area is 167 Å². The summed E-state index contributed by atoms with van der Waals surface area (Å²) in [5.41, 5.74) is 3.70. The van der Waals surface area contributed by atoms with Crippen LogP contribution >= 0.6 is 0 Å². The lowest BCUT2D eigenvalue weighted by molar-refractivity contribution is 0.343. The van der Waals surface area contributed by atoms with Crippen LogP contribution in [0.25, 0.3) is 27.8 Å². The molecule has 0 aliphatic carbocycles. The van der Waals surface area contributed by atoms with Crippen LogP contribution in [0.5, 0.6) is 5.75 Å². The summed E-state index contributed by atoms with van der Waals surface area (Å²) in [5, 5.41) is 4.41. The number of aromatic amines is 1. The van der Waals surface area contributed by atoms with Crippen molar-refractivity contribution in [1.29, 1.82) is 0 Å². The molecule has 1 fully saturated rings. The average Bonchev–Trinajstić information content (AvgIpc) is 3.10. The van der Waals surface area contributed by atoms with Crippen LogP contribution in [0.1, 0.15) is 6.92 Å². The van der Waals surface area contributed by atoms with Gasteiger partial charge in [0.15, 0.2) is 5.65 Å². The number of nitrogens with one attached hydrogen (secondary N) is 2. The van der Waals surface area contributed by atoms with Gasteiger partial charge in [0.1, 0.15) is 11.3 Å². The molecule has 0 bridgehead atoms. The summed E-state index contributed by atoms with van der Waals surface area (Å²) in [6.45, 7) is 6.21. The van der Waals surface area contributed by atoms with Crippen molar-refractivity contribution in [3.05, 3.63) is 53.2 Å². The maximum absolute atomic E-state index is 12.8. The lowest BCUT2D eigenvalue weighted by Crippen LogP contribution is -2.43. The molecule has 1 aliphatic heterocycles. The van der Waals surface area contributed by atoms with Crippen LogP contribution in [0.4, 0.5) is 5.69 Å². The molecule has 8 heteroatoms. The third kappa shape index (κ3) is 3.01. The van der Waals surface area contributed by atoms with Gasteiger partial charge in [-0.3, -0.25) is 14.5 Å². The standard InChI is InChI=1S/C21H22N6O2/c1-2-29-18-6-8-24-20-19(18)27(21(28)25-20)14-3-4-16-15(13-14)17(5-7-23-16)26-11-9-22-10-12-26/h3-8,13,22H,2,9-12H2,1H3,(H,24,25,28). The van der Waals surface area contributed by atoms with E-state index in [-0.39, 0.29) is 5.69 Å². The summed E-state index contributed by atoms with van der Waals surface area (Å²) in [6.07, 6.45) is 3.48. The Balaban J connectivity index is 1.72. The van der Waals surface area contributed by atoms with Crippen molar-refractivity contribution >= 4 is 27.8 Å². The van der Waals surface area contributed by atoms with Crippen molar-refractivity contribution in [3.8, 4) is 11.4 Å². The molecular formula is C21H22N6O2. The molecule has 0 atom stereocenters. The summed E-state index contributed by atoms with van der Waals surface area (Å²) in [6, 6.07) is 9.72. The third-order valence-electron chi connectivity index (χ3n) is 5.26. The van der Waals surface area contributed by atoms with E-state index in [0.717, 1.165) is 48.5 Å². The van der Waals surface area contributed by atoms with E-state index in [2.05, 4.69) is 25.2 Å². The minimum absolute atomic E-state index is 0.244. The van der Waals surface area contributed by atoms with Crippen LogP contribution in [-0.4, -0.2) is 52.3 Å². The monoisotopic (exact) mass is 390 g/mol. The number of piperazine rings is 1. The molecule has 2 N–H and O–H groups in total. The van der Waals surface area contributed by atoms with E-state index in [1.165, 1.54) is 0 Å². The molecule has 5 rings (SSSR count). The Morgan fingerprint density at radius 3 is 2.76 bits per heavy atom. The number of rotatable bonds is 4. The highest BCUT2D eigenvalue weighted by Crippen LogP contribution is 2.30. The molecular weight excluding hydrogens is 368 g/mol. The first-order valence-electron chi connectivity index (χ1n) is 9.83. The number of benzene rings is 1. The van der Waals surface area contributed by atoms with E-state index in [1.807, 2.05) is 37.4 Å². The number of H-pyrrole nitrogens is 1. The number of pyridine rings is 2. The van der Waals surface area contributed by atoms with E-state index in [4.69, 9.17) is 4.74 Å². The van der Waals surface area contributed by atoms with Crippen molar-refractivity contribution in [2.75, 3.05) is 37.7 Å². The minimum Gasteiger partial charge on any atom is -0.491 e. The highest BCUT2D eigenvalue weighted by atomic mass is 16.5. The maximum Gasteiger partial charge on any atom is 0.332 e. The van der Waals surface area contributed by atoms with Gasteiger partial charge < -0.3 is 15.0 Å². The summed E-state index contributed by atoms with van der Waals surface area (Å²) >= 11 is 0. The van der Waals surface area contributed by atoms with Crippen molar-refractivity contribution in [2.45, 2.75) is 6.92 Å².